The predicted molar refractivity (Wildman–Crippen MR) is 104 cm³/mol. The van der Waals surface area contributed by atoms with Gasteiger partial charge in [-0.1, -0.05) is 34.3 Å². The highest BCUT2D eigenvalue weighted by molar-refractivity contribution is 7.89. The van der Waals surface area contributed by atoms with E-state index >= 15 is 0 Å². The summed E-state index contributed by atoms with van der Waals surface area (Å²) in [5.74, 6) is -0.640. The van der Waals surface area contributed by atoms with Crippen molar-refractivity contribution in [2.45, 2.75) is 11.5 Å². The molecule has 27 heavy (non-hydrogen) atoms. The fourth-order valence-electron chi connectivity index (χ4n) is 2.44. The molecule has 1 aromatic heterocycles. The van der Waals surface area contributed by atoms with Gasteiger partial charge in [-0.15, -0.1) is 11.3 Å². The van der Waals surface area contributed by atoms with Crippen LogP contribution in [0.1, 0.15) is 15.9 Å². The van der Waals surface area contributed by atoms with Crippen LogP contribution in [0.3, 0.4) is 0 Å². The van der Waals surface area contributed by atoms with E-state index in [0.717, 1.165) is 15.6 Å². The SMILES string of the molecule is CON(C)S(=O)(=O)c1cc(C(=O)OCc2csc3ccccc23)ccc1Cl. The number of hydroxylamine groups is 1. The number of carbonyl (C=O) groups excluding carboxylic acids is 1. The summed E-state index contributed by atoms with van der Waals surface area (Å²) in [6.07, 6.45) is 0. The highest BCUT2D eigenvalue weighted by atomic mass is 35.5. The molecule has 0 radical (unpaired) electrons. The standard InChI is InChI=1S/C18H16ClNO5S2/c1-20(24-2)27(22,23)17-9-12(7-8-15(17)19)18(21)25-10-13-11-26-16-6-4-3-5-14(13)16/h3-9,11H,10H2,1-2H3. The molecule has 0 fully saturated rings. The third kappa shape index (κ3) is 3.99. The highest BCUT2D eigenvalue weighted by Crippen LogP contribution is 2.28. The maximum Gasteiger partial charge on any atom is 0.338 e. The summed E-state index contributed by atoms with van der Waals surface area (Å²) >= 11 is 7.57. The lowest BCUT2D eigenvalue weighted by Gasteiger charge is -2.15. The number of hydrogen-bond donors (Lipinski definition) is 0. The van der Waals surface area contributed by atoms with E-state index in [9.17, 15) is 13.2 Å². The Labute approximate surface area is 165 Å². The quantitative estimate of drug-likeness (QED) is 0.439. The first kappa shape index (κ1) is 19.8. The zero-order valence-corrected chi connectivity index (χ0v) is 16.9. The Morgan fingerprint density at radius 2 is 1.96 bits per heavy atom. The molecule has 2 aromatic carbocycles. The minimum atomic E-state index is -3.99. The molecule has 0 unspecified atom stereocenters. The van der Waals surface area contributed by atoms with E-state index in [2.05, 4.69) is 0 Å². The van der Waals surface area contributed by atoms with E-state index in [1.165, 1.54) is 32.4 Å². The molecule has 0 aliphatic carbocycles. The van der Waals surface area contributed by atoms with Crippen LogP contribution in [0.2, 0.25) is 5.02 Å². The number of ether oxygens (including phenoxy) is 1. The number of hydrogen-bond acceptors (Lipinski definition) is 6. The lowest BCUT2D eigenvalue weighted by atomic mass is 10.2. The summed E-state index contributed by atoms with van der Waals surface area (Å²) in [6, 6.07) is 11.8. The van der Waals surface area contributed by atoms with Crippen molar-refractivity contribution in [3.05, 3.63) is 64.0 Å². The number of nitrogens with zero attached hydrogens (tertiary/aromatic N) is 1. The van der Waals surface area contributed by atoms with E-state index < -0.39 is 16.0 Å². The van der Waals surface area contributed by atoms with Crippen LogP contribution in [0.25, 0.3) is 10.1 Å². The van der Waals surface area contributed by atoms with E-state index in [-0.39, 0.29) is 22.1 Å². The van der Waals surface area contributed by atoms with Crippen LogP contribution < -0.4 is 0 Å². The molecule has 0 aliphatic heterocycles. The molecular weight excluding hydrogens is 410 g/mol. The van der Waals surface area contributed by atoms with Crippen molar-refractivity contribution < 1.29 is 22.8 Å². The molecule has 1 heterocycles. The van der Waals surface area contributed by atoms with Crippen LogP contribution in [0.15, 0.2) is 52.7 Å². The minimum Gasteiger partial charge on any atom is -0.457 e. The number of benzene rings is 2. The Kier molecular flexibility index (Phi) is 5.83. The van der Waals surface area contributed by atoms with Crippen molar-refractivity contribution in [2.75, 3.05) is 14.2 Å². The molecule has 6 nitrogen and oxygen atoms in total. The van der Waals surface area contributed by atoms with Gasteiger partial charge in [-0.05, 0) is 35.0 Å². The molecule has 3 aromatic rings. The van der Waals surface area contributed by atoms with E-state index in [1.54, 1.807) is 11.3 Å². The van der Waals surface area contributed by atoms with Gasteiger partial charge in [0.25, 0.3) is 10.0 Å². The van der Waals surface area contributed by atoms with Gasteiger partial charge in [0.05, 0.1) is 17.7 Å². The lowest BCUT2D eigenvalue weighted by molar-refractivity contribution is -0.0258. The average Bonchev–Trinajstić information content (AvgIpc) is 3.08. The second-order valence-electron chi connectivity index (χ2n) is 5.58. The summed E-state index contributed by atoms with van der Waals surface area (Å²) in [4.78, 5) is 16.9. The Hall–Kier alpha value is -1.97. The zero-order valence-electron chi connectivity index (χ0n) is 14.5. The maximum atomic E-state index is 12.4. The maximum absolute atomic E-state index is 12.4. The van der Waals surface area contributed by atoms with Crippen LogP contribution >= 0.6 is 22.9 Å². The van der Waals surface area contributed by atoms with Crippen molar-refractivity contribution in [3.63, 3.8) is 0 Å². The molecule has 0 amide bonds. The zero-order chi connectivity index (χ0) is 19.6. The first-order valence-corrected chi connectivity index (χ1v) is 10.5. The topological polar surface area (TPSA) is 72.9 Å². The molecule has 0 saturated heterocycles. The van der Waals surface area contributed by atoms with Crippen LogP contribution in [0.4, 0.5) is 0 Å². The van der Waals surface area contributed by atoms with Gasteiger partial charge in [0, 0.05) is 17.3 Å². The third-order valence-corrected chi connectivity index (χ3v) is 7.13. The van der Waals surface area contributed by atoms with Crippen molar-refractivity contribution in [3.8, 4) is 0 Å². The Morgan fingerprint density at radius 1 is 1.22 bits per heavy atom. The first-order chi connectivity index (χ1) is 12.8. The van der Waals surface area contributed by atoms with Crippen molar-refractivity contribution in [1.29, 1.82) is 0 Å². The van der Waals surface area contributed by atoms with Gasteiger partial charge in [-0.25, -0.2) is 13.2 Å². The van der Waals surface area contributed by atoms with E-state index in [0.29, 0.717) is 4.47 Å². The van der Waals surface area contributed by atoms with Gasteiger partial charge in [-0.2, -0.15) is 0 Å². The number of carbonyl (C=O) groups is 1. The number of sulfonamides is 1. The van der Waals surface area contributed by atoms with Crippen molar-refractivity contribution in [1.82, 2.24) is 4.47 Å². The molecule has 0 bridgehead atoms. The Morgan fingerprint density at radius 3 is 2.70 bits per heavy atom. The molecule has 0 saturated carbocycles. The molecule has 0 aliphatic rings. The Balaban J connectivity index is 1.82. The fourth-order valence-corrected chi connectivity index (χ4v) is 4.86. The van der Waals surface area contributed by atoms with Crippen LogP contribution in [0, 0.1) is 0 Å². The highest BCUT2D eigenvalue weighted by Gasteiger charge is 2.25. The monoisotopic (exact) mass is 425 g/mol. The van der Waals surface area contributed by atoms with Gasteiger partial charge in [0.1, 0.15) is 11.5 Å². The molecule has 0 N–H and O–H groups in total. The molecule has 142 valence electrons. The van der Waals surface area contributed by atoms with Gasteiger partial charge < -0.3 is 4.74 Å². The van der Waals surface area contributed by atoms with Gasteiger partial charge in [0.15, 0.2) is 0 Å². The molecule has 0 spiro atoms. The number of esters is 1. The fraction of sp³-hybridized carbons (Fsp3) is 0.167. The number of fused-ring (bicyclic) bond motifs is 1. The molecular formula is C18H16ClNO5S2. The van der Waals surface area contributed by atoms with Gasteiger partial charge >= 0.3 is 5.97 Å². The van der Waals surface area contributed by atoms with Crippen LogP contribution in [-0.2, 0) is 26.2 Å². The summed E-state index contributed by atoms with van der Waals surface area (Å²) in [5, 5.41) is 2.94. The first-order valence-electron chi connectivity index (χ1n) is 7.79. The van der Waals surface area contributed by atoms with Crippen molar-refractivity contribution >= 4 is 49.0 Å². The number of halogens is 1. The summed E-state index contributed by atoms with van der Waals surface area (Å²) in [6.45, 7) is 0.0888. The van der Waals surface area contributed by atoms with E-state index in [1.807, 2.05) is 29.6 Å². The van der Waals surface area contributed by atoms with E-state index in [4.69, 9.17) is 21.2 Å². The third-order valence-electron chi connectivity index (χ3n) is 3.96. The normalized spacial score (nSPS) is 11.9. The molecule has 3 rings (SSSR count). The number of rotatable bonds is 6. The van der Waals surface area contributed by atoms with Crippen LogP contribution in [-0.4, -0.2) is 33.0 Å². The smallest absolute Gasteiger partial charge is 0.338 e. The summed E-state index contributed by atoms with van der Waals surface area (Å²) < 4.78 is 32.0. The van der Waals surface area contributed by atoms with Crippen LogP contribution in [0.5, 0.6) is 0 Å². The lowest BCUT2D eigenvalue weighted by Crippen LogP contribution is -2.26. The second kappa shape index (κ2) is 7.95. The van der Waals surface area contributed by atoms with Gasteiger partial charge in [0.2, 0.25) is 0 Å². The largest absolute Gasteiger partial charge is 0.457 e. The minimum absolute atomic E-state index is 0.0146. The molecule has 0 atom stereocenters. The van der Waals surface area contributed by atoms with Gasteiger partial charge in [-0.3, -0.25) is 4.84 Å². The average molecular weight is 426 g/mol. The summed E-state index contributed by atoms with van der Waals surface area (Å²) in [7, 11) is -1.54. The van der Waals surface area contributed by atoms with Crippen molar-refractivity contribution in [2.24, 2.45) is 0 Å². The Bertz CT molecular complexity index is 1090. The predicted octanol–water partition coefficient (Wildman–Crippen LogP) is 4.09. The molecule has 9 heteroatoms. The second-order valence-corrected chi connectivity index (χ2v) is 8.80. The number of thiophene rings is 1. The summed E-state index contributed by atoms with van der Waals surface area (Å²) in [5.41, 5.74) is 0.979.